The smallest absolute Gasteiger partial charge is 0.115 e. The van der Waals surface area contributed by atoms with Gasteiger partial charge in [0.1, 0.15) is 5.75 Å². The van der Waals surface area contributed by atoms with Gasteiger partial charge >= 0.3 is 0 Å². The number of nitrogens with zero attached hydrogens (tertiary/aromatic N) is 2. The summed E-state index contributed by atoms with van der Waals surface area (Å²) in [5, 5.41) is 9.58. The molecule has 1 atom stereocenters. The van der Waals surface area contributed by atoms with E-state index in [1.807, 2.05) is 12.1 Å². The molecule has 3 nitrogen and oxygen atoms in total. The number of hydrogen-bond donors (Lipinski definition) is 1. The molecule has 0 aliphatic carbocycles. The van der Waals surface area contributed by atoms with Gasteiger partial charge in [-0.05, 0) is 45.4 Å². The molecule has 19 heavy (non-hydrogen) atoms. The molecular formula is C16H26N2O. The lowest BCUT2D eigenvalue weighted by molar-refractivity contribution is 0.0453. The summed E-state index contributed by atoms with van der Waals surface area (Å²) < 4.78 is 0. The van der Waals surface area contributed by atoms with Crippen LogP contribution in [-0.2, 0) is 0 Å². The SMILES string of the molecule is CC(c1cccc(O)c1)N1CCN(C(C)(C)C)CC1. The van der Waals surface area contributed by atoms with E-state index in [2.05, 4.69) is 43.6 Å². The Morgan fingerprint density at radius 1 is 1.11 bits per heavy atom. The van der Waals surface area contributed by atoms with Crippen LogP contribution in [0.2, 0.25) is 0 Å². The Balaban J connectivity index is 1.98. The quantitative estimate of drug-likeness (QED) is 0.888. The fourth-order valence-corrected chi connectivity index (χ4v) is 2.78. The van der Waals surface area contributed by atoms with Crippen molar-refractivity contribution < 1.29 is 5.11 Å². The second kappa shape index (κ2) is 5.51. The number of phenolic OH excluding ortho intramolecular Hbond substituents is 1. The molecule has 1 aromatic rings. The zero-order valence-electron chi connectivity index (χ0n) is 12.6. The van der Waals surface area contributed by atoms with Crippen molar-refractivity contribution in [1.82, 2.24) is 9.80 Å². The number of hydrogen-bond acceptors (Lipinski definition) is 3. The van der Waals surface area contributed by atoms with Gasteiger partial charge in [-0.25, -0.2) is 0 Å². The summed E-state index contributed by atoms with van der Waals surface area (Å²) >= 11 is 0. The first kappa shape index (κ1) is 14.4. The van der Waals surface area contributed by atoms with Crippen LogP contribution in [0.4, 0.5) is 0 Å². The molecule has 3 heteroatoms. The molecule has 0 spiro atoms. The molecule has 2 rings (SSSR count). The topological polar surface area (TPSA) is 26.7 Å². The normalized spacial score (nSPS) is 20.4. The van der Waals surface area contributed by atoms with Crippen LogP contribution < -0.4 is 0 Å². The van der Waals surface area contributed by atoms with E-state index < -0.39 is 0 Å². The van der Waals surface area contributed by atoms with E-state index in [9.17, 15) is 5.11 Å². The van der Waals surface area contributed by atoms with Crippen molar-refractivity contribution in [2.24, 2.45) is 0 Å². The minimum atomic E-state index is 0.264. The third-order valence-electron chi connectivity index (χ3n) is 4.16. The summed E-state index contributed by atoms with van der Waals surface area (Å²) in [6.07, 6.45) is 0. The van der Waals surface area contributed by atoms with Gasteiger partial charge in [-0.15, -0.1) is 0 Å². The molecule has 0 aromatic heterocycles. The lowest BCUT2D eigenvalue weighted by Gasteiger charge is -2.44. The van der Waals surface area contributed by atoms with Gasteiger partial charge < -0.3 is 5.11 Å². The van der Waals surface area contributed by atoms with Gasteiger partial charge in [-0.1, -0.05) is 12.1 Å². The first-order chi connectivity index (χ1) is 8.88. The zero-order chi connectivity index (χ0) is 14.0. The highest BCUT2D eigenvalue weighted by molar-refractivity contribution is 5.29. The van der Waals surface area contributed by atoms with Crippen LogP contribution in [0.3, 0.4) is 0 Å². The molecule has 106 valence electrons. The van der Waals surface area contributed by atoms with E-state index in [0.29, 0.717) is 11.8 Å². The van der Waals surface area contributed by atoms with Crippen LogP contribution in [0.25, 0.3) is 0 Å². The Labute approximate surface area is 116 Å². The van der Waals surface area contributed by atoms with Crippen LogP contribution >= 0.6 is 0 Å². The molecule has 0 radical (unpaired) electrons. The second-order valence-electron chi connectivity index (χ2n) is 6.46. The first-order valence-corrected chi connectivity index (χ1v) is 7.16. The number of piperazine rings is 1. The Morgan fingerprint density at radius 3 is 2.26 bits per heavy atom. The predicted octanol–water partition coefficient (Wildman–Crippen LogP) is 2.87. The molecule has 0 saturated carbocycles. The molecule has 0 bridgehead atoms. The van der Waals surface area contributed by atoms with Crippen LogP contribution in [0.5, 0.6) is 5.75 Å². The molecule has 1 fully saturated rings. The summed E-state index contributed by atoms with van der Waals surface area (Å²) in [5.74, 6) is 0.359. The molecule has 0 amide bonds. The second-order valence-corrected chi connectivity index (χ2v) is 6.46. The molecule has 1 heterocycles. The van der Waals surface area contributed by atoms with E-state index in [-0.39, 0.29) is 5.54 Å². The summed E-state index contributed by atoms with van der Waals surface area (Å²) in [5.41, 5.74) is 1.46. The minimum absolute atomic E-state index is 0.264. The highest BCUT2D eigenvalue weighted by Gasteiger charge is 2.28. The molecule has 1 saturated heterocycles. The fraction of sp³-hybridized carbons (Fsp3) is 0.625. The monoisotopic (exact) mass is 262 g/mol. The van der Waals surface area contributed by atoms with Crippen LogP contribution in [0, 0.1) is 0 Å². The maximum Gasteiger partial charge on any atom is 0.115 e. The third-order valence-corrected chi connectivity index (χ3v) is 4.16. The first-order valence-electron chi connectivity index (χ1n) is 7.16. The minimum Gasteiger partial charge on any atom is -0.508 e. The largest absolute Gasteiger partial charge is 0.508 e. The average Bonchev–Trinajstić information content (AvgIpc) is 2.37. The van der Waals surface area contributed by atoms with Crippen molar-refractivity contribution in [1.29, 1.82) is 0 Å². The van der Waals surface area contributed by atoms with E-state index >= 15 is 0 Å². The van der Waals surface area contributed by atoms with Crippen LogP contribution in [-0.4, -0.2) is 46.6 Å². The van der Waals surface area contributed by atoms with E-state index in [0.717, 1.165) is 26.2 Å². The number of benzene rings is 1. The summed E-state index contributed by atoms with van der Waals surface area (Å²) in [4.78, 5) is 5.04. The predicted molar refractivity (Wildman–Crippen MR) is 79.4 cm³/mol. The van der Waals surface area contributed by atoms with Crippen LogP contribution in [0.15, 0.2) is 24.3 Å². The van der Waals surface area contributed by atoms with E-state index in [1.165, 1.54) is 5.56 Å². The van der Waals surface area contributed by atoms with Crippen molar-refractivity contribution in [3.8, 4) is 5.75 Å². The van der Waals surface area contributed by atoms with Gasteiger partial charge in [0.05, 0.1) is 0 Å². The number of rotatable bonds is 2. The molecule has 1 aliphatic heterocycles. The Morgan fingerprint density at radius 2 is 1.74 bits per heavy atom. The number of phenols is 1. The fourth-order valence-electron chi connectivity index (χ4n) is 2.78. The van der Waals surface area contributed by atoms with E-state index in [1.54, 1.807) is 6.07 Å². The number of aromatic hydroxyl groups is 1. The van der Waals surface area contributed by atoms with E-state index in [4.69, 9.17) is 0 Å². The average molecular weight is 262 g/mol. The maximum absolute atomic E-state index is 9.58. The van der Waals surface area contributed by atoms with Gasteiger partial charge in [0.2, 0.25) is 0 Å². The standard InChI is InChI=1S/C16H26N2O/c1-13(14-6-5-7-15(19)12-14)17-8-10-18(11-9-17)16(2,3)4/h5-7,12-13,19H,8-11H2,1-4H3. The van der Waals surface area contributed by atoms with Gasteiger partial charge in [0, 0.05) is 37.8 Å². The Kier molecular flexibility index (Phi) is 4.16. The molecule has 1 aromatic carbocycles. The lowest BCUT2D eigenvalue weighted by Crippen LogP contribution is -2.53. The molecular weight excluding hydrogens is 236 g/mol. The van der Waals surface area contributed by atoms with Crippen LogP contribution in [0.1, 0.15) is 39.3 Å². The van der Waals surface area contributed by atoms with Crippen molar-refractivity contribution in [3.63, 3.8) is 0 Å². The van der Waals surface area contributed by atoms with Crippen molar-refractivity contribution >= 4 is 0 Å². The Hall–Kier alpha value is -1.06. The van der Waals surface area contributed by atoms with Crippen molar-refractivity contribution in [2.45, 2.75) is 39.3 Å². The maximum atomic E-state index is 9.58. The molecule has 1 unspecified atom stereocenters. The van der Waals surface area contributed by atoms with Gasteiger partial charge in [-0.3, -0.25) is 9.80 Å². The summed E-state index contributed by atoms with van der Waals surface area (Å²) in [7, 11) is 0. The molecule has 1 aliphatic rings. The van der Waals surface area contributed by atoms with Gasteiger partial charge in [-0.2, -0.15) is 0 Å². The highest BCUT2D eigenvalue weighted by atomic mass is 16.3. The third kappa shape index (κ3) is 3.48. The van der Waals surface area contributed by atoms with Crippen molar-refractivity contribution in [3.05, 3.63) is 29.8 Å². The molecule has 1 N–H and O–H groups in total. The van der Waals surface area contributed by atoms with Gasteiger partial charge in [0.25, 0.3) is 0 Å². The Bertz CT molecular complexity index is 417. The summed E-state index contributed by atoms with van der Waals surface area (Å²) in [6, 6.07) is 8.00. The zero-order valence-corrected chi connectivity index (χ0v) is 12.6. The van der Waals surface area contributed by atoms with Gasteiger partial charge in [0.15, 0.2) is 0 Å². The summed E-state index contributed by atoms with van der Waals surface area (Å²) in [6.45, 7) is 13.5. The lowest BCUT2D eigenvalue weighted by atomic mass is 10.0. The highest BCUT2D eigenvalue weighted by Crippen LogP contribution is 2.25. The van der Waals surface area contributed by atoms with Crippen molar-refractivity contribution in [2.75, 3.05) is 26.2 Å².